The van der Waals surface area contributed by atoms with Gasteiger partial charge in [0.25, 0.3) is 0 Å². The van der Waals surface area contributed by atoms with Crippen molar-refractivity contribution >= 4 is 11.7 Å². The molecule has 0 bridgehead atoms. The van der Waals surface area contributed by atoms with Gasteiger partial charge in [-0.2, -0.15) is 0 Å². The highest BCUT2D eigenvalue weighted by Gasteiger charge is 2.29. The van der Waals surface area contributed by atoms with Gasteiger partial charge in [-0.3, -0.25) is 0 Å². The Labute approximate surface area is 145 Å². The van der Waals surface area contributed by atoms with Crippen LogP contribution in [-0.2, 0) is 4.74 Å². The Morgan fingerprint density at radius 3 is 2.76 bits per heavy atom. The van der Waals surface area contributed by atoms with Gasteiger partial charge >= 0.3 is 6.03 Å². The molecule has 2 heterocycles. The highest BCUT2D eigenvalue weighted by molar-refractivity contribution is 5.90. The van der Waals surface area contributed by atoms with Crippen LogP contribution >= 0.6 is 0 Å². The molecular formula is C18H20FN3O3. The van der Waals surface area contributed by atoms with E-state index in [1.165, 1.54) is 12.1 Å². The van der Waals surface area contributed by atoms with E-state index in [2.05, 4.69) is 10.3 Å². The van der Waals surface area contributed by atoms with Crippen LogP contribution in [0.4, 0.5) is 14.9 Å². The molecular weight excluding hydrogens is 325 g/mol. The minimum atomic E-state index is -0.309. The van der Waals surface area contributed by atoms with E-state index in [-0.39, 0.29) is 17.9 Å². The summed E-state index contributed by atoms with van der Waals surface area (Å²) in [6.07, 6.45) is 0. The van der Waals surface area contributed by atoms with Crippen LogP contribution in [0.3, 0.4) is 0 Å². The number of carbonyl (C=O) groups excluding carboxylic acids is 1. The molecule has 6 nitrogen and oxygen atoms in total. The molecule has 1 aliphatic heterocycles. The van der Waals surface area contributed by atoms with E-state index in [0.29, 0.717) is 37.0 Å². The Bertz CT molecular complexity index is 752. The lowest BCUT2D eigenvalue weighted by Gasteiger charge is -2.36. The van der Waals surface area contributed by atoms with Crippen molar-refractivity contribution < 1.29 is 18.7 Å². The second-order valence-electron chi connectivity index (χ2n) is 5.75. The number of ether oxygens (including phenoxy) is 2. The summed E-state index contributed by atoms with van der Waals surface area (Å²) in [4.78, 5) is 18.7. The quantitative estimate of drug-likeness (QED) is 0.928. The zero-order valence-electron chi connectivity index (χ0n) is 14.2. The van der Waals surface area contributed by atoms with E-state index in [4.69, 9.17) is 9.47 Å². The molecule has 1 N–H and O–H groups in total. The fourth-order valence-corrected chi connectivity index (χ4v) is 2.78. The monoisotopic (exact) mass is 345 g/mol. The molecule has 1 fully saturated rings. The summed E-state index contributed by atoms with van der Waals surface area (Å²) in [5, 5.41) is 2.88. The second kappa shape index (κ2) is 7.48. The predicted molar refractivity (Wildman–Crippen MR) is 91.2 cm³/mol. The number of pyridine rings is 1. The molecule has 0 aliphatic carbocycles. The van der Waals surface area contributed by atoms with Crippen LogP contribution in [0.1, 0.15) is 17.3 Å². The number of halogens is 1. The number of nitrogens with zero attached hydrogens (tertiary/aromatic N) is 2. The Balaban J connectivity index is 1.78. The van der Waals surface area contributed by atoms with Crippen molar-refractivity contribution in [1.29, 1.82) is 0 Å². The SMILES string of the molecule is COc1ccc(NC(=O)N2CCOCC2c2ccc(F)cc2)c(C)n1. The molecule has 0 saturated carbocycles. The number of nitrogens with one attached hydrogen (secondary N) is 1. The van der Waals surface area contributed by atoms with Gasteiger partial charge in [-0.1, -0.05) is 12.1 Å². The molecule has 1 unspecified atom stereocenters. The lowest BCUT2D eigenvalue weighted by atomic mass is 10.1. The number of aromatic nitrogens is 1. The summed E-state index contributed by atoms with van der Waals surface area (Å²) in [5.74, 6) is 0.183. The molecule has 3 rings (SSSR count). The first-order valence-electron chi connectivity index (χ1n) is 8.01. The minimum Gasteiger partial charge on any atom is -0.481 e. The minimum absolute atomic E-state index is 0.243. The average Bonchev–Trinajstić information content (AvgIpc) is 2.64. The van der Waals surface area contributed by atoms with Crippen molar-refractivity contribution in [3.05, 3.63) is 53.5 Å². The third-order valence-electron chi connectivity index (χ3n) is 4.16. The molecule has 1 aromatic heterocycles. The van der Waals surface area contributed by atoms with Gasteiger partial charge in [-0.15, -0.1) is 0 Å². The Hall–Kier alpha value is -2.67. The van der Waals surface area contributed by atoms with Crippen LogP contribution in [0.5, 0.6) is 5.88 Å². The number of hydrogen-bond donors (Lipinski definition) is 1. The first kappa shape index (κ1) is 17.2. The normalized spacial score (nSPS) is 17.2. The number of rotatable bonds is 3. The summed E-state index contributed by atoms with van der Waals surface area (Å²) >= 11 is 0. The number of carbonyl (C=O) groups is 1. The van der Waals surface area contributed by atoms with Crippen LogP contribution < -0.4 is 10.1 Å². The standard InChI is InChI=1S/C18H20FN3O3/c1-12-15(7-8-17(20-12)24-2)21-18(23)22-9-10-25-11-16(22)13-3-5-14(19)6-4-13/h3-8,16H,9-11H2,1-2H3,(H,21,23). The number of morpholine rings is 1. The third kappa shape index (κ3) is 3.88. The van der Waals surface area contributed by atoms with Crippen molar-refractivity contribution in [2.45, 2.75) is 13.0 Å². The smallest absolute Gasteiger partial charge is 0.322 e. The van der Waals surface area contributed by atoms with Gasteiger partial charge < -0.3 is 19.7 Å². The van der Waals surface area contributed by atoms with E-state index < -0.39 is 0 Å². The molecule has 132 valence electrons. The van der Waals surface area contributed by atoms with Gasteiger partial charge in [0.05, 0.1) is 37.7 Å². The molecule has 2 amide bonds. The van der Waals surface area contributed by atoms with E-state index in [9.17, 15) is 9.18 Å². The second-order valence-corrected chi connectivity index (χ2v) is 5.75. The van der Waals surface area contributed by atoms with E-state index >= 15 is 0 Å². The summed E-state index contributed by atoms with van der Waals surface area (Å²) in [6.45, 7) is 3.09. The largest absolute Gasteiger partial charge is 0.481 e. The summed E-state index contributed by atoms with van der Waals surface area (Å²) in [6, 6.07) is 9.07. The Morgan fingerprint density at radius 1 is 1.32 bits per heavy atom. The molecule has 25 heavy (non-hydrogen) atoms. The number of aryl methyl sites for hydroxylation is 1. The molecule has 1 aromatic carbocycles. The number of methoxy groups -OCH3 is 1. The van der Waals surface area contributed by atoms with Crippen molar-refractivity contribution in [2.24, 2.45) is 0 Å². The highest BCUT2D eigenvalue weighted by atomic mass is 19.1. The molecule has 7 heteroatoms. The highest BCUT2D eigenvalue weighted by Crippen LogP contribution is 2.26. The van der Waals surface area contributed by atoms with Crippen molar-refractivity contribution in [3.63, 3.8) is 0 Å². The van der Waals surface area contributed by atoms with Gasteiger partial charge in [-0.25, -0.2) is 14.2 Å². The Morgan fingerprint density at radius 2 is 2.08 bits per heavy atom. The van der Waals surface area contributed by atoms with Crippen LogP contribution in [0.25, 0.3) is 0 Å². The summed E-state index contributed by atoms with van der Waals surface area (Å²) < 4.78 is 23.7. The van der Waals surface area contributed by atoms with Crippen molar-refractivity contribution in [3.8, 4) is 5.88 Å². The average molecular weight is 345 g/mol. The molecule has 0 radical (unpaired) electrons. The van der Waals surface area contributed by atoms with Crippen LogP contribution in [0.15, 0.2) is 36.4 Å². The van der Waals surface area contributed by atoms with Gasteiger partial charge in [0.2, 0.25) is 5.88 Å². The summed E-state index contributed by atoms with van der Waals surface area (Å²) in [5.41, 5.74) is 2.12. The zero-order valence-corrected chi connectivity index (χ0v) is 14.2. The van der Waals surface area contributed by atoms with Gasteiger partial charge in [0.15, 0.2) is 0 Å². The number of anilines is 1. The maximum atomic E-state index is 13.2. The lowest BCUT2D eigenvalue weighted by Crippen LogP contribution is -2.45. The summed E-state index contributed by atoms with van der Waals surface area (Å²) in [7, 11) is 1.54. The first-order chi connectivity index (χ1) is 12.1. The Kier molecular flexibility index (Phi) is 5.14. The molecule has 2 aromatic rings. The van der Waals surface area contributed by atoms with E-state index in [1.807, 2.05) is 0 Å². The van der Waals surface area contributed by atoms with Crippen molar-refractivity contribution in [1.82, 2.24) is 9.88 Å². The van der Waals surface area contributed by atoms with Gasteiger partial charge in [0.1, 0.15) is 5.82 Å². The van der Waals surface area contributed by atoms with Crippen LogP contribution in [-0.4, -0.2) is 42.8 Å². The number of urea groups is 1. The maximum Gasteiger partial charge on any atom is 0.322 e. The number of benzene rings is 1. The third-order valence-corrected chi connectivity index (χ3v) is 4.16. The van der Waals surface area contributed by atoms with Crippen LogP contribution in [0, 0.1) is 12.7 Å². The van der Waals surface area contributed by atoms with Crippen LogP contribution in [0.2, 0.25) is 0 Å². The fraction of sp³-hybridized carbons (Fsp3) is 0.333. The van der Waals surface area contributed by atoms with Gasteiger partial charge in [0, 0.05) is 12.6 Å². The fourth-order valence-electron chi connectivity index (χ4n) is 2.78. The molecule has 0 spiro atoms. The maximum absolute atomic E-state index is 13.2. The van der Waals surface area contributed by atoms with Gasteiger partial charge in [-0.05, 0) is 30.7 Å². The lowest BCUT2D eigenvalue weighted by molar-refractivity contribution is 0.0147. The van der Waals surface area contributed by atoms with E-state index in [1.54, 1.807) is 43.2 Å². The zero-order chi connectivity index (χ0) is 17.8. The molecule has 1 aliphatic rings. The molecule has 1 saturated heterocycles. The van der Waals surface area contributed by atoms with Crippen molar-refractivity contribution in [2.75, 3.05) is 32.2 Å². The first-order valence-corrected chi connectivity index (χ1v) is 8.01. The number of hydrogen-bond acceptors (Lipinski definition) is 4. The number of amides is 2. The van der Waals surface area contributed by atoms with E-state index in [0.717, 1.165) is 5.56 Å². The molecule has 1 atom stereocenters. The topological polar surface area (TPSA) is 63.7 Å². The predicted octanol–water partition coefficient (Wildman–Crippen LogP) is 3.14.